The summed E-state index contributed by atoms with van der Waals surface area (Å²) in [5.41, 5.74) is 12.3. The van der Waals surface area contributed by atoms with Gasteiger partial charge >= 0.3 is 11.9 Å². The van der Waals surface area contributed by atoms with E-state index in [-0.39, 0.29) is 11.5 Å². The minimum Gasteiger partial charge on any atom is -0.505 e. The van der Waals surface area contributed by atoms with Crippen molar-refractivity contribution in [2.45, 2.75) is 28.3 Å². The molecule has 1 heterocycles. The molecule has 0 aromatic heterocycles. The maximum absolute atomic E-state index is 11.2. The van der Waals surface area contributed by atoms with Gasteiger partial charge < -0.3 is 32.1 Å². The number of carboxylic acids is 2. The molecule has 132 valence electrons. The molecular weight excluding hydrogens is 354 g/mol. The molecule has 0 saturated heterocycles. The van der Waals surface area contributed by atoms with Crippen LogP contribution < -0.4 is 16.8 Å². The fraction of sp³-hybridized carbons (Fsp3) is 0.429. The van der Waals surface area contributed by atoms with Crippen molar-refractivity contribution in [1.29, 1.82) is 0 Å². The summed E-state index contributed by atoms with van der Waals surface area (Å²) in [6.45, 7) is 0.368. The second kappa shape index (κ2) is 7.97. The smallest absolute Gasteiger partial charge is 0.327 e. The van der Waals surface area contributed by atoms with Gasteiger partial charge in [0.2, 0.25) is 0 Å². The zero-order valence-electron chi connectivity index (χ0n) is 12.7. The van der Waals surface area contributed by atoms with Crippen LogP contribution in [-0.2, 0) is 16.0 Å². The normalized spacial score (nSPS) is 17.7. The lowest BCUT2D eigenvalue weighted by Gasteiger charge is -2.26. The van der Waals surface area contributed by atoms with Gasteiger partial charge in [-0.15, -0.1) is 23.5 Å². The number of phenolic OH excluding ortho intramolecular Hbond substituents is 1. The maximum atomic E-state index is 11.2. The molecule has 1 aromatic carbocycles. The molecule has 0 amide bonds. The molecule has 1 aliphatic heterocycles. The lowest BCUT2D eigenvalue weighted by molar-refractivity contribution is -0.138. The summed E-state index contributed by atoms with van der Waals surface area (Å²) in [5, 5.41) is 31.4. The number of rotatable bonds is 7. The van der Waals surface area contributed by atoms with Gasteiger partial charge in [-0.3, -0.25) is 4.79 Å². The van der Waals surface area contributed by atoms with Gasteiger partial charge in [0, 0.05) is 16.4 Å². The Labute approximate surface area is 147 Å². The van der Waals surface area contributed by atoms with Crippen LogP contribution in [0, 0.1) is 0 Å². The van der Waals surface area contributed by atoms with Crippen molar-refractivity contribution >= 4 is 41.1 Å². The van der Waals surface area contributed by atoms with E-state index in [1.54, 1.807) is 0 Å². The van der Waals surface area contributed by atoms with Gasteiger partial charge in [0.25, 0.3) is 0 Å². The van der Waals surface area contributed by atoms with Crippen LogP contribution >= 0.6 is 23.5 Å². The number of thioether (sulfide) groups is 2. The van der Waals surface area contributed by atoms with Crippen LogP contribution in [0.4, 0.5) is 5.69 Å². The fourth-order valence-electron chi connectivity index (χ4n) is 2.20. The SMILES string of the molecule is NCCc1cc2c(c(O)c1SCC(N)C(=O)O)NC(C(=O)O)CS2. The Morgan fingerprint density at radius 2 is 2.17 bits per heavy atom. The van der Waals surface area contributed by atoms with Crippen molar-refractivity contribution in [2.75, 3.05) is 23.4 Å². The molecule has 1 aliphatic rings. The summed E-state index contributed by atoms with van der Waals surface area (Å²) in [6.07, 6.45) is 0.508. The monoisotopic (exact) mass is 373 g/mol. The average molecular weight is 373 g/mol. The molecule has 2 atom stereocenters. The Bertz CT molecular complexity index is 656. The number of carbonyl (C=O) groups is 2. The molecule has 8 nitrogen and oxygen atoms in total. The van der Waals surface area contributed by atoms with Crippen molar-refractivity contribution in [3.8, 4) is 5.75 Å². The van der Waals surface area contributed by atoms with Gasteiger partial charge in [0.15, 0.2) is 5.75 Å². The maximum Gasteiger partial charge on any atom is 0.327 e. The first kappa shape index (κ1) is 18.7. The lowest BCUT2D eigenvalue weighted by atomic mass is 10.1. The Morgan fingerprint density at radius 3 is 2.75 bits per heavy atom. The Morgan fingerprint density at radius 1 is 1.46 bits per heavy atom. The molecule has 0 spiro atoms. The molecule has 0 aliphatic carbocycles. The predicted molar refractivity (Wildman–Crippen MR) is 93.0 cm³/mol. The molecule has 10 heteroatoms. The molecule has 8 N–H and O–H groups in total. The number of aromatic hydroxyl groups is 1. The van der Waals surface area contributed by atoms with Gasteiger partial charge in [-0.1, -0.05) is 0 Å². The third-order valence-corrected chi connectivity index (χ3v) is 5.86. The molecule has 0 saturated carbocycles. The zero-order valence-corrected chi connectivity index (χ0v) is 14.3. The average Bonchev–Trinajstić information content (AvgIpc) is 2.54. The van der Waals surface area contributed by atoms with E-state index in [1.165, 1.54) is 11.8 Å². The lowest BCUT2D eigenvalue weighted by Crippen LogP contribution is -2.34. The van der Waals surface area contributed by atoms with E-state index in [2.05, 4.69) is 5.32 Å². The van der Waals surface area contributed by atoms with E-state index >= 15 is 0 Å². The molecule has 0 bridgehead atoms. The van der Waals surface area contributed by atoms with E-state index in [1.807, 2.05) is 6.07 Å². The second-order valence-corrected chi connectivity index (χ2v) is 7.32. The summed E-state index contributed by atoms with van der Waals surface area (Å²) >= 11 is 2.47. The number of nitrogens with two attached hydrogens (primary N) is 2. The van der Waals surface area contributed by atoms with Crippen LogP contribution in [0.15, 0.2) is 15.9 Å². The number of fused-ring (bicyclic) bond motifs is 1. The standard InChI is InChI=1S/C14H19N3O5S2/c15-2-1-6-3-9-10(17-8(5-23-9)14(21)22)11(18)12(6)24-4-7(16)13(19)20/h3,7-8,17-18H,1-2,4-5,15-16H2,(H,19,20)(H,21,22). The quantitative estimate of drug-likeness (QED) is 0.291. The van der Waals surface area contributed by atoms with Crippen molar-refractivity contribution in [1.82, 2.24) is 0 Å². The predicted octanol–water partition coefficient (Wildman–Crippen LogP) is 0.368. The van der Waals surface area contributed by atoms with Crippen LogP contribution in [0.25, 0.3) is 0 Å². The number of phenols is 1. The van der Waals surface area contributed by atoms with Crippen LogP contribution in [0.1, 0.15) is 5.56 Å². The van der Waals surface area contributed by atoms with Gasteiger partial charge in [-0.25, -0.2) is 4.79 Å². The summed E-state index contributed by atoms with van der Waals surface area (Å²) in [6, 6.07) is -0.00938. The number of nitrogens with one attached hydrogen (secondary N) is 1. The third-order valence-electron chi connectivity index (χ3n) is 3.46. The summed E-state index contributed by atoms with van der Waals surface area (Å²) in [4.78, 5) is 23.3. The van der Waals surface area contributed by atoms with Gasteiger partial charge in [-0.2, -0.15) is 0 Å². The molecule has 2 unspecified atom stereocenters. The highest BCUT2D eigenvalue weighted by atomic mass is 32.2. The third kappa shape index (κ3) is 4.07. The minimum atomic E-state index is -1.13. The Balaban J connectivity index is 2.35. The minimum absolute atomic E-state index is 0.0781. The molecule has 2 rings (SSSR count). The molecule has 0 radical (unpaired) electrons. The van der Waals surface area contributed by atoms with Crippen LogP contribution in [0.5, 0.6) is 5.75 Å². The number of benzene rings is 1. The van der Waals surface area contributed by atoms with Gasteiger partial charge in [0.1, 0.15) is 12.1 Å². The first-order chi connectivity index (χ1) is 11.3. The largest absolute Gasteiger partial charge is 0.505 e. The number of hydrogen-bond donors (Lipinski definition) is 6. The summed E-state index contributed by atoms with van der Waals surface area (Å²) in [7, 11) is 0. The first-order valence-corrected chi connectivity index (χ1v) is 9.14. The first-order valence-electron chi connectivity index (χ1n) is 7.17. The van der Waals surface area contributed by atoms with E-state index in [4.69, 9.17) is 21.7 Å². The van der Waals surface area contributed by atoms with Gasteiger partial charge in [-0.05, 0) is 24.6 Å². The van der Waals surface area contributed by atoms with E-state index < -0.39 is 24.0 Å². The molecule has 1 aromatic rings. The highest BCUT2D eigenvalue weighted by molar-refractivity contribution is 8.00. The Hall–Kier alpha value is -1.62. The van der Waals surface area contributed by atoms with Crippen LogP contribution in [0.2, 0.25) is 0 Å². The summed E-state index contributed by atoms with van der Waals surface area (Å²) < 4.78 is 0. The van der Waals surface area contributed by atoms with E-state index in [9.17, 15) is 14.7 Å². The number of hydrogen-bond acceptors (Lipinski definition) is 8. The number of aliphatic carboxylic acids is 2. The van der Waals surface area contributed by atoms with E-state index in [0.29, 0.717) is 29.3 Å². The zero-order chi connectivity index (χ0) is 17.9. The van der Waals surface area contributed by atoms with Gasteiger partial charge in [0.05, 0.1) is 10.6 Å². The summed E-state index contributed by atoms with van der Waals surface area (Å²) in [5.74, 6) is -1.78. The van der Waals surface area contributed by atoms with E-state index in [0.717, 1.165) is 22.2 Å². The molecule has 0 fully saturated rings. The fourth-order valence-corrected chi connectivity index (χ4v) is 4.37. The van der Waals surface area contributed by atoms with Crippen LogP contribution in [-0.4, -0.2) is 57.4 Å². The second-order valence-electron chi connectivity index (χ2n) is 5.23. The Kier molecular flexibility index (Phi) is 6.21. The van der Waals surface area contributed by atoms with Crippen molar-refractivity contribution < 1.29 is 24.9 Å². The van der Waals surface area contributed by atoms with Crippen LogP contribution in [0.3, 0.4) is 0 Å². The van der Waals surface area contributed by atoms with Crippen molar-refractivity contribution in [2.24, 2.45) is 11.5 Å². The van der Waals surface area contributed by atoms with Crippen molar-refractivity contribution in [3.63, 3.8) is 0 Å². The number of carboxylic acid groups (broad SMARTS) is 2. The molecule has 24 heavy (non-hydrogen) atoms. The highest BCUT2D eigenvalue weighted by Crippen LogP contribution is 2.46. The number of anilines is 1. The van der Waals surface area contributed by atoms with Crippen molar-refractivity contribution in [3.05, 3.63) is 11.6 Å². The highest BCUT2D eigenvalue weighted by Gasteiger charge is 2.29. The topological polar surface area (TPSA) is 159 Å². The molecular formula is C14H19N3O5S2.